The minimum Gasteiger partial charge on any atom is -0.337 e. The van der Waals surface area contributed by atoms with E-state index in [1.807, 2.05) is 30.9 Å². The Hall–Kier alpha value is 0.130. The van der Waals surface area contributed by atoms with Crippen molar-refractivity contribution >= 4 is 49.1 Å². The Morgan fingerprint density at radius 2 is 2.27 bits per heavy atom. The van der Waals surface area contributed by atoms with Crippen LogP contribution in [0.4, 0.5) is 0 Å². The molecule has 0 spiro atoms. The van der Waals surface area contributed by atoms with Crippen LogP contribution in [-0.4, -0.2) is 22.2 Å². The highest BCUT2D eigenvalue weighted by Crippen LogP contribution is 2.23. The van der Waals surface area contributed by atoms with E-state index in [1.54, 1.807) is 11.3 Å². The lowest BCUT2D eigenvalue weighted by Crippen LogP contribution is -2.34. The molecule has 15 heavy (non-hydrogen) atoms. The van der Waals surface area contributed by atoms with Gasteiger partial charge in [-0.1, -0.05) is 15.9 Å². The monoisotopic (exact) mass is 353 g/mol. The van der Waals surface area contributed by atoms with Crippen molar-refractivity contribution in [3.05, 3.63) is 20.8 Å². The first-order valence-electron chi connectivity index (χ1n) is 4.71. The maximum atomic E-state index is 11.8. The molecule has 1 amide bonds. The fourth-order valence-corrected chi connectivity index (χ4v) is 3.01. The van der Waals surface area contributed by atoms with Crippen molar-refractivity contribution in [1.29, 1.82) is 0 Å². The summed E-state index contributed by atoms with van der Waals surface area (Å²) in [7, 11) is 0. The van der Waals surface area contributed by atoms with E-state index in [9.17, 15) is 4.79 Å². The Balaban J connectivity index is 2.65. The zero-order valence-electron chi connectivity index (χ0n) is 8.67. The normalized spacial score (nSPS) is 12.5. The molecule has 84 valence electrons. The van der Waals surface area contributed by atoms with Crippen molar-refractivity contribution in [1.82, 2.24) is 4.90 Å². The van der Waals surface area contributed by atoms with Gasteiger partial charge in [0.05, 0.1) is 15.2 Å². The Morgan fingerprint density at radius 3 is 2.67 bits per heavy atom. The summed E-state index contributed by atoms with van der Waals surface area (Å²) >= 11 is 8.39. The summed E-state index contributed by atoms with van der Waals surface area (Å²) < 4.78 is 1.10. The fraction of sp³-hybridized carbons (Fsp3) is 0.500. The predicted molar refractivity (Wildman–Crippen MR) is 71.5 cm³/mol. The minimum absolute atomic E-state index is 0.110. The van der Waals surface area contributed by atoms with Crippen molar-refractivity contribution in [2.45, 2.75) is 25.2 Å². The molecule has 1 aromatic rings. The lowest BCUT2D eigenvalue weighted by atomic mass is 10.3. The molecule has 0 fully saturated rings. The van der Waals surface area contributed by atoms with Crippen molar-refractivity contribution in [3.63, 3.8) is 0 Å². The van der Waals surface area contributed by atoms with Gasteiger partial charge >= 0.3 is 0 Å². The second-order valence-corrected chi connectivity index (χ2v) is 7.10. The van der Waals surface area contributed by atoms with E-state index >= 15 is 0 Å². The van der Waals surface area contributed by atoms with Crippen molar-refractivity contribution < 1.29 is 4.79 Å². The number of carbonyl (C=O) groups excluding carboxylic acids is 1. The molecule has 0 aliphatic rings. The molecule has 0 aromatic carbocycles. The molecule has 1 atom stereocenters. The van der Waals surface area contributed by atoms with E-state index in [0.717, 1.165) is 10.3 Å². The molecular formula is C10H13Br2NOS. The van der Waals surface area contributed by atoms with Gasteiger partial charge in [0.25, 0.3) is 0 Å². The fourth-order valence-electron chi connectivity index (χ4n) is 1.22. The Bertz CT molecular complexity index is 338. The van der Waals surface area contributed by atoms with E-state index in [1.165, 1.54) is 4.88 Å². The van der Waals surface area contributed by atoms with Crippen LogP contribution in [0.25, 0.3) is 0 Å². The molecule has 1 unspecified atom stereocenters. The van der Waals surface area contributed by atoms with Crippen molar-refractivity contribution in [2.24, 2.45) is 0 Å². The Labute approximate surface area is 111 Å². The van der Waals surface area contributed by atoms with Crippen molar-refractivity contribution in [2.75, 3.05) is 6.54 Å². The third-order valence-corrected chi connectivity index (χ3v) is 4.01. The van der Waals surface area contributed by atoms with E-state index in [2.05, 4.69) is 31.9 Å². The Morgan fingerprint density at radius 1 is 1.60 bits per heavy atom. The third kappa shape index (κ3) is 3.89. The zero-order chi connectivity index (χ0) is 11.4. The van der Waals surface area contributed by atoms with Gasteiger partial charge in [-0.2, -0.15) is 0 Å². The van der Waals surface area contributed by atoms with E-state index in [4.69, 9.17) is 0 Å². The number of hydrogen-bond acceptors (Lipinski definition) is 2. The number of carbonyl (C=O) groups is 1. The summed E-state index contributed by atoms with van der Waals surface area (Å²) in [5.41, 5.74) is 0. The molecule has 1 heterocycles. The summed E-state index contributed by atoms with van der Waals surface area (Å²) in [5.74, 6) is 0.141. The van der Waals surface area contributed by atoms with Crippen LogP contribution < -0.4 is 0 Å². The van der Waals surface area contributed by atoms with Gasteiger partial charge in [-0.05, 0) is 41.9 Å². The van der Waals surface area contributed by atoms with Crippen LogP contribution in [0.1, 0.15) is 18.7 Å². The molecule has 1 rings (SSSR count). The molecule has 0 radical (unpaired) electrons. The smallest absolute Gasteiger partial charge is 0.236 e. The number of thiophene rings is 1. The SMILES string of the molecule is CCN(Cc1ccc(Br)s1)C(=O)C(C)Br. The Kier molecular flexibility index (Phi) is 5.29. The lowest BCUT2D eigenvalue weighted by molar-refractivity contribution is -0.130. The lowest BCUT2D eigenvalue weighted by Gasteiger charge is -2.21. The van der Waals surface area contributed by atoms with Crippen LogP contribution in [0.2, 0.25) is 0 Å². The molecule has 2 nitrogen and oxygen atoms in total. The number of nitrogens with zero attached hydrogens (tertiary/aromatic N) is 1. The van der Waals surface area contributed by atoms with E-state index in [0.29, 0.717) is 6.54 Å². The van der Waals surface area contributed by atoms with Gasteiger partial charge in [0.2, 0.25) is 5.91 Å². The minimum atomic E-state index is -0.110. The average molecular weight is 355 g/mol. The maximum absolute atomic E-state index is 11.8. The highest BCUT2D eigenvalue weighted by molar-refractivity contribution is 9.11. The van der Waals surface area contributed by atoms with Crippen LogP contribution in [0.15, 0.2) is 15.9 Å². The molecule has 0 N–H and O–H groups in total. The van der Waals surface area contributed by atoms with Gasteiger partial charge < -0.3 is 4.90 Å². The van der Waals surface area contributed by atoms with Gasteiger partial charge in [0.1, 0.15) is 0 Å². The number of halogens is 2. The largest absolute Gasteiger partial charge is 0.337 e. The summed E-state index contributed by atoms with van der Waals surface area (Å²) in [4.78, 5) is 14.7. The zero-order valence-corrected chi connectivity index (χ0v) is 12.7. The molecule has 0 aliphatic heterocycles. The molecule has 1 aromatic heterocycles. The maximum Gasteiger partial charge on any atom is 0.236 e. The predicted octanol–water partition coefficient (Wildman–Crippen LogP) is 3.64. The van der Waals surface area contributed by atoms with Gasteiger partial charge in [-0.3, -0.25) is 4.79 Å². The highest BCUT2D eigenvalue weighted by Gasteiger charge is 2.17. The second-order valence-electron chi connectivity index (χ2n) is 3.17. The van der Waals surface area contributed by atoms with Crippen LogP contribution in [0.5, 0.6) is 0 Å². The number of amides is 1. The molecule has 5 heteroatoms. The molecule has 0 aliphatic carbocycles. The first kappa shape index (κ1) is 13.2. The number of hydrogen-bond donors (Lipinski definition) is 0. The van der Waals surface area contributed by atoms with Crippen molar-refractivity contribution in [3.8, 4) is 0 Å². The molecule has 0 saturated carbocycles. The van der Waals surface area contributed by atoms with E-state index < -0.39 is 0 Å². The van der Waals surface area contributed by atoms with Crippen LogP contribution in [0, 0.1) is 0 Å². The molecule has 0 saturated heterocycles. The van der Waals surface area contributed by atoms with E-state index in [-0.39, 0.29) is 10.7 Å². The third-order valence-electron chi connectivity index (χ3n) is 2.01. The van der Waals surface area contributed by atoms with Gasteiger partial charge in [0.15, 0.2) is 0 Å². The second kappa shape index (κ2) is 6.01. The molecular weight excluding hydrogens is 342 g/mol. The van der Waals surface area contributed by atoms with Crippen LogP contribution in [-0.2, 0) is 11.3 Å². The number of rotatable bonds is 4. The van der Waals surface area contributed by atoms with Gasteiger partial charge in [-0.25, -0.2) is 0 Å². The van der Waals surface area contributed by atoms with Gasteiger partial charge in [0, 0.05) is 11.4 Å². The number of alkyl halides is 1. The van der Waals surface area contributed by atoms with Crippen LogP contribution >= 0.6 is 43.2 Å². The van der Waals surface area contributed by atoms with Gasteiger partial charge in [-0.15, -0.1) is 11.3 Å². The average Bonchev–Trinajstić information content (AvgIpc) is 2.59. The quantitative estimate of drug-likeness (QED) is 0.756. The first-order chi connectivity index (χ1) is 7.04. The summed E-state index contributed by atoms with van der Waals surface area (Å²) in [5, 5.41) is 0. The standard InChI is InChI=1S/C10H13Br2NOS/c1-3-13(10(14)7(2)11)6-8-4-5-9(12)15-8/h4-5,7H,3,6H2,1-2H3. The summed E-state index contributed by atoms with van der Waals surface area (Å²) in [6.07, 6.45) is 0. The highest BCUT2D eigenvalue weighted by atomic mass is 79.9. The molecule has 0 bridgehead atoms. The van der Waals surface area contributed by atoms with Crippen LogP contribution in [0.3, 0.4) is 0 Å². The summed E-state index contributed by atoms with van der Waals surface area (Å²) in [6, 6.07) is 4.06. The topological polar surface area (TPSA) is 20.3 Å². The summed E-state index contributed by atoms with van der Waals surface area (Å²) in [6.45, 7) is 5.29. The first-order valence-corrected chi connectivity index (χ1v) is 7.24.